The number of nitrogens with one attached hydrogen (secondary N) is 1. The highest BCUT2D eigenvalue weighted by atomic mass is 35.5. The molecule has 0 fully saturated rings. The third-order valence-electron chi connectivity index (χ3n) is 7.21. The average Bonchev–Trinajstić information content (AvgIpc) is 3.37. The molecule has 2 heterocycles. The van der Waals surface area contributed by atoms with Crippen LogP contribution in [0.4, 0.5) is 0 Å². The maximum atomic E-state index is 13.9. The van der Waals surface area contributed by atoms with E-state index in [0.717, 1.165) is 64.0 Å². The summed E-state index contributed by atoms with van der Waals surface area (Å²) in [5, 5.41) is 3.85. The molecular formula is C32H33ClN4O3. The predicted molar refractivity (Wildman–Crippen MR) is 161 cm³/mol. The van der Waals surface area contributed by atoms with E-state index in [-0.39, 0.29) is 18.0 Å². The quantitative estimate of drug-likeness (QED) is 0.235. The number of benzene rings is 3. The lowest BCUT2D eigenvalue weighted by Crippen LogP contribution is -2.28. The summed E-state index contributed by atoms with van der Waals surface area (Å²) in [6, 6.07) is 21.9. The molecule has 1 N–H and O–H groups in total. The fraction of sp³-hybridized carbons (Fsp3) is 0.250. The van der Waals surface area contributed by atoms with Crippen LogP contribution in [0.25, 0.3) is 28.2 Å². The van der Waals surface area contributed by atoms with Crippen molar-refractivity contribution in [3.8, 4) is 28.2 Å². The molecule has 8 heteroatoms. The van der Waals surface area contributed by atoms with Crippen molar-refractivity contribution in [1.29, 1.82) is 0 Å². The maximum absolute atomic E-state index is 13.9. The number of hydrogen-bond acceptors (Lipinski definition) is 5. The van der Waals surface area contributed by atoms with Crippen molar-refractivity contribution in [3.05, 3.63) is 121 Å². The maximum Gasteiger partial charge on any atom is 0.439 e. The number of aromatic nitrogens is 4. The van der Waals surface area contributed by atoms with Crippen molar-refractivity contribution >= 4 is 12.4 Å². The summed E-state index contributed by atoms with van der Waals surface area (Å²) >= 11 is 0. The molecule has 0 amide bonds. The minimum Gasteiger partial charge on any atom is -0.296 e. The van der Waals surface area contributed by atoms with Gasteiger partial charge in [0.25, 0.3) is 5.56 Å². The molecule has 0 aliphatic heterocycles. The van der Waals surface area contributed by atoms with Crippen LogP contribution >= 0.6 is 12.4 Å². The van der Waals surface area contributed by atoms with Gasteiger partial charge in [0, 0.05) is 17.5 Å². The van der Waals surface area contributed by atoms with E-state index in [9.17, 15) is 9.59 Å². The van der Waals surface area contributed by atoms with Crippen LogP contribution in [0, 0.1) is 20.8 Å². The SMILES string of the molecule is CCCCc1nc(C)n(-c2ccc(C)c(C)c2)c(=O)c1Cc1ccc(-c2ccccc2-c2noc(=O)[nH]2)cc1.Cl. The third kappa shape index (κ3) is 5.84. The molecule has 5 rings (SSSR count). The lowest BCUT2D eigenvalue weighted by atomic mass is 9.96. The second kappa shape index (κ2) is 12.3. The van der Waals surface area contributed by atoms with E-state index >= 15 is 0 Å². The van der Waals surface area contributed by atoms with Gasteiger partial charge in [0.15, 0.2) is 5.82 Å². The summed E-state index contributed by atoms with van der Waals surface area (Å²) in [6.07, 6.45) is 3.28. The van der Waals surface area contributed by atoms with E-state index in [4.69, 9.17) is 9.51 Å². The number of aromatic amines is 1. The van der Waals surface area contributed by atoms with Crippen LogP contribution in [0.1, 0.15) is 53.5 Å². The summed E-state index contributed by atoms with van der Waals surface area (Å²) in [5.74, 6) is 0.501. The van der Waals surface area contributed by atoms with Crippen molar-refractivity contribution in [1.82, 2.24) is 19.7 Å². The van der Waals surface area contributed by atoms with Gasteiger partial charge in [-0.15, -0.1) is 12.4 Å². The standard InChI is InChI=1S/C32H32N4O3.ClH/c1-5-6-11-29-28(31(37)36(22(4)33-29)25-17-12-20(2)21(3)18-25)19-23-13-15-24(16-14-23)26-9-7-8-10-27(26)30-34-32(38)39-35-30;/h7-10,12-18H,5-6,11,19H2,1-4H3,(H,34,35,38);1H. The molecule has 0 unspecified atom stereocenters. The Morgan fingerprint density at radius 1 is 0.900 bits per heavy atom. The largest absolute Gasteiger partial charge is 0.439 e. The Labute approximate surface area is 239 Å². The van der Waals surface area contributed by atoms with E-state index in [2.05, 4.69) is 37.0 Å². The smallest absolute Gasteiger partial charge is 0.296 e. The molecule has 5 aromatic rings. The molecular weight excluding hydrogens is 524 g/mol. The fourth-order valence-electron chi connectivity index (χ4n) is 4.91. The lowest BCUT2D eigenvalue weighted by Gasteiger charge is -2.17. The first-order valence-corrected chi connectivity index (χ1v) is 13.3. The molecule has 0 aliphatic carbocycles. The molecule has 0 atom stereocenters. The molecule has 0 bridgehead atoms. The van der Waals surface area contributed by atoms with Gasteiger partial charge in [-0.25, -0.2) is 9.78 Å². The monoisotopic (exact) mass is 556 g/mol. The number of halogens is 1. The first-order valence-electron chi connectivity index (χ1n) is 13.3. The Balaban J connectivity index is 0.00000370. The highest BCUT2D eigenvalue weighted by Gasteiger charge is 2.17. The number of unbranched alkanes of at least 4 members (excludes halogenated alkanes) is 1. The minimum atomic E-state index is -0.591. The third-order valence-corrected chi connectivity index (χ3v) is 7.21. The molecule has 40 heavy (non-hydrogen) atoms. The van der Waals surface area contributed by atoms with E-state index < -0.39 is 5.76 Å². The summed E-state index contributed by atoms with van der Waals surface area (Å²) in [5.41, 5.74) is 8.47. The molecule has 3 aromatic carbocycles. The Kier molecular flexibility index (Phi) is 8.85. The minimum absolute atomic E-state index is 0. The van der Waals surface area contributed by atoms with Crippen LogP contribution in [0.5, 0.6) is 0 Å². The zero-order valence-electron chi connectivity index (χ0n) is 23.2. The number of aryl methyl sites for hydroxylation is 4. The summed E-state index contributed by atoms with van der Waals surface area (Å²) in [4.78, 5) is 33.0. The van der Waals surface area contributed by atoms with Crippen LogP contribution in [-0.2, 0) is 12.8 Å². The summed E-state index contributed by atoms with van der Waals surface area (Å²) < 4.78 is 6.45. The van der Waals surface area contributed by atoms with Crippen LogP contribution in [0.15, 0.2) is 80.8 Å². The molecule has 0 saturated carbocycles. The molecule has 2 aromatic heterocycles. The van der Waals surface area contributed by atoms with E-state index in [1.807, 2.05) is 67.6 Å². The van der Waals surface area contributed by atoms with Gasteiger partial charge in [0.05, 0.1) is 11.4 Å². The van der Waals surface area contributed by atoms with Gasteiger partial charge >= 0.3 is 5.76 Å². The Bertz CT molecular complexity index is 1750. The normalized spacial score (nSPS) is 10.9. The van der Waals surface area contributed by atoms with E-state index in [0.29, 0.717) is 18.1 Å². The van der Waals surface area contributed by atoms with Crippen molar-refractivity contribution in [2.45, 2.75) is 53.4 Å². The lowest BCUT2D eigenvalue weighted by molar-refractivity contribution is 0.388. The average molecular weight is 557 g/mol. The zero-order valence-corrected chi connectivity index (χ0v) is 24.0. The Morgan fingerprint density at radius 3 is 2.27 bits per heavy atom. The van der Waals surface area contributed by atoms with Gasteiger partial charge < -0.3 is 0 Å². The summed E-state index contributed by atoms with van der Waals surface area (Å²) in [6.45, 7) is 8.18. The van der Waals surface area contributed by atoms with Crippen LogP contribution < -0.4 is 11.3 Å². The van der Waals surface area contributed by atoms with Gasteiger partial charge in [-0.05, 0) is 73.6 Å². The topological polar surface area (TPSA) is 93.8 Å². The predicted octanol–water partition coefficient (Wildman–Crippen LogP) is 6.52. The van der Waals surface area contributed by atoms with Crippen LogP contribution in [0.3, 0.4) is 0 Å². The van der Waals surface area contributed by atoms with Crippen LogP contribution in [-0.4, -0.2) is 19.7 Å². The molecule has 0 saturated heterocycles. The van der Waals surface area contributed by atoms with Gasteiger partial charge in [-0.1, -0.05) is 73.1 Å². The zero-order chi connectivity index (χ0) is 27.5. The van der Waals surface area contributed by atoms with Gasteiger partial charge in [0.2, 0.25) is 0 Å². The van der Waals surface area contributed by atoms with E-state index in [1.165, 1.54) is 5.56 Å². The highest BCUT2D eigenvalue weighted by molar-refractivity contribution is 5.85. The molecule has 0 aliphatic rings. The van der Waals surface area contributed by atoms with Gasteiger partial charge in [-0.2, -0.15) is 0 Å². The Morgan fingerprint density at radius 2 is 1.62 bits per heavy atom. The van der Waals surface area contributed by atoms with E-state index in [1.54, 1.807) is 4.57 Å². The Hall–Kier alpha value is -4.23. The van der Waals surface area contributed by atoms with Crippen molar-refractivity contribution < 1.29 is 4.52 Å². The second-order valence-corrected chi connectivity index (χ2v) is 9.96. The molecule has 0 radical (unpaired) electrons. The van der Waals surface area contributed by atoms with Crippen molar-refractivity contribution in [2.24, 2.45) is 0 Å². The number of nitrogens with zero attached hydrogens (tertiary/aromatic N) is 3. The second-order valence-electron chi connectivity index (χ2n) is 9.96. The van der Waals surface area contributed by atoms with Crippen molar-refractivity contribution in [2.75, 3.05) is 0 Å². The number of rotatable bonds is 8. The number of H-pyrrole nitrogens is 1. The first kappa shape index (κ1) is 28.8. The molecule has 7 nitrogen and oxygen atoms in total. The van der Waals surface area contributed by atoms with Gasteiger partial charge in [0.1, 0.15) is 5.82 Å². The molecule has 206 valence electrons. The van der Waals surface area contributed by atoms with Crippen LogP contribution in [0.2, 0.25) is 0 Å². The first-order chi connectivity index (χ1) is 18.9. The van der Waals surface area contributed by atoms with Gasteiger partial charge in [-0.3, -0.25) is 18.9 Å². The fourth-order valence-corrected chi connectivity index (χ4v) is 4.91. The molecule has 0 spiro atoms. The van der Waals surface area contributed by atoms with Crippen molar-refractivity contribution in [3.63, 3.8) is 0 Å². The number of hydrogen-bond donors (Lipinski definition) is 1. The highest BCUT2D eigenvalue weighted by Crippen LogP contribution is 2.30. The summed E-state index contributed by atoms with van der Waals surface area (Å²) in [7, 11) is 0.